The first kappa shape index (κ1) is 24.9. The van der Waals surface area contributed by atoms with Gasteiger partial charge >= 0.3 is 0 Å². The van der Waals surface area contributed by atoms with Gasteiger partial charge in [0, 0.05) is 18.0 Å². The minimum absolute atomic E-state index is 0.227. The summed E-state index contributed by atoms with van der Waals surface area (Å²) in [6.45, 7) is 4.45. The molecule has 0 spiro atoms. The van der Waals surface area contributed by atoms with Gasteiger partial charge in [-0.05, 0) is 64.2 Å². The highest BCUT2D eigenvalue weighted by Crippen LogP contribution is 2.61. The van der Waals surface area contributed by atoms with Crippen LogP contribution < -0.4 is 9.47 Å². The fraction of sp³-hybridized carbons (Fsp3) is 0.154. The molecule has 3 aliphatic carbocycles. The van der Waals surface area contributed by atoms with Gasteiger partial charge in [0.15, 0.2) is 23.7 Å². The second kappa shape index (κ2) is 9.88. The normalized spacial score (nSPS) is 22.3. The number of hydrogen-bond acceptors (Lipinski definition) is 3. The molecule has 1 heterocycles. The predicted molar refractivity (Wildman–Crippen MR) is 170 cm³/mol. The monoisotopic (exact) mass is 545 g/mol. The maximum atomic E-state index is 6.98. The first-order chi connectivity index (χ1) is 20.8. The minimum Gasteiger partial charge on any atom is -0.478 e. The summed E-state index contributed by atoms with van der Waals surface area (Å²) in [4.78, 5) is 4.23. The van der Waals surface area contributed by atoms with Crippen LogP contribution in [0.2, 0.25) is 0 Å². The van der Waals surface area contributed by atoms with E-state index in [0.29, 0.717) is 12.5 Å². The third-order valence-electron chi connectivity index (χ3n) is 9.18. The van der Waals surface area contributed by atoms with Crippen LogP contribution in [0.4, 0.5) is 0 Å². The molecular weight excluding hydrogens is 514 g/mol. The summed E-state index contributed by atoms with van der Waals surface area (Å²) in [6.07, 6.45) is 13.4. The van der Waals surface area contributed by atoms with E-state index in [0.717, 1.165) is 29.1 Å². The number of ether oxygens (including phenoxy) is 2. The van der Waals surface area contributed by atoms with Crippen molar-refractivity contribution in [1.29, 1.82) is 0 Å². The van der Waals surface area contributed by atoms with E-state index in [1.807, 2.05) is 0 Å². The molecule has 0 aromatic heterocycles. The third kappa shape index (κ3) is 3.56. The van der Waals surface area contributed by atoms with Gasteiger partial charge in [-0.3, -0.25) is 0 Å². The van der Waals surface area contributed by atoms with E-state index in [2.05, 4.69) is 145 Å². The van der Waals surface area contributed by atoms with Crippen molar-refractivity contribution in [2.24, 2.45) is 10.9 Å². The Bertz CT molecular complexity index is 1770. The van der Waals surface area contributed by atoms with E-state index in [9.17, 15) is 0 Å². The van der Waals surface area contributed by atoms with E-state index in [4.69, 9.17) is 9.47 Å². The third-order valence-corrected chi connectivity index (χ3v) is 9.18. The lowest BCUT2D eigenvalue weighted by atomic mass is 9.68. The van der Waals surface area contributed by atoms with Gasteiger partial charge in [0.1, 0.15) is 0 Å². The van der Waals surface area contributed by atoms with Crippen molar-refractivity contribution < 1.29 is 9.47 Å². The van der Waals surface area contributed by atoms with Gasteiger partial charge in [-0.1, -0.05) is 121 Å². The molecule has 0 fully saturated rings. The zero-order chi connectivity index (χ0) is 28.1. The van der Waals surface area contributed by atoms with Crippen LogP contribution in [0.15, 0.2) is 150 Å². The van der Waals surface area contributed by atoms with Crippen molar-refractivity contribution in [1.82, 2.24) is 0 Å². The fourth-order valence-electron chi connectivity index (χ4n) is 7.44. The molecule has 3 nitrogen and oxygen atoms in total. The molecule has 3 heteroatoms. The molecule has 3 unspecified atom stereocenters. The molecule has 0 saturated carbocycles. The summed E-state index contributed by atoms with van der Waals surface area (Å²) in [6, 6.07) is 34.8. The highest BCUT2D eigenvalue weighted by atomic mass is 16.6. The molecule has 204 valence electrons. The summed E-state index contributed by atoms with van der Waals surface area (Å²) < 4.78 is 13.9. The Balaban J connectivity index is 1.31. The SMILES string of the molecule is C=NCC1CC=CC=C1C1=CC=CC2Oc3c(ccc4c3-c3ccccc3C4(c3ccccc3)c3ccccc3)OC12. The van der Waals surface area contributed by atoms with Crippen molar-refractivity contribution in [2.75, 3.05) is 6.54 Å². The Morgan fingerprint density at radius 2 is 1.45 bits per heavy atom. The van der Waals surface area contributed by atoms with Crippen LogP contribution in [0, 0.1) is 5.92 Å². The van der Waals surface area contributed by atoms with Crippen LogP contribution in [-0.4, -0.2) is 25.5 Å². The second-order valence-electron chi connectivity index (χ2n) is 11.4. The highest BCUT2D eigenvalue weighted by molar-refractivity contribution is 5.91. The van der Waals surface area contributed by atoms with Gasteiger partial charge in [-0.25, -0.2) is 0 Å². The van der Waals surface area contributed by atoms with Gasteiger partial charge in [0.2, 0.25) is 0 Å². The van der Waals surface area contributed by atoms with E-state index in [1.54, 1.807) is 0 Å². The lowest BCUT2D eigenvalue weighted by molar-refractivity contribution is 0.0695. The van der Waals surface area contributed by atoms with Crippen LogP contribution >= 0.6 is 0 Å². The van der Waals surface area contributed by atoms with Gasteiger partial charge in [0.25, 0.3) is 0 Å². The lowest BCUT2D eigenvalue weighted by Crippen LogP contribution is -2.42. The molecule has 0 saturated heterocycles. The quantitative estimate of drug-likeness (QED) is 0.208. The van der Waals surface area contributed by atoms with Crippen molar-refractivity contribution in [2.45, 2.75) is 24.0 Å². The number of benzene rings is 4. The van der Waals surface area contributed by atoms with E-state index in [1.165, 1.54) is 33.4 Å². The summed E-state index contributed by atoms with van der Waals surface area (Å²) in [7, 11) is 0. The van der Waals surface area contributed by atoms with Gasteiger partial charge in [-0.2, -0.15) is 0 Å². The Labute approximate surface area is 246 Å². The summed E-state index contributed by atoms with van der Waals surface area (Å²) in [5, 5.41) is 0. The molecule has 4 aliphatic rings. The largest absolute Gasteiger partial charge is 0.478 e. The molecule has 42 heavy (non-hydrogen) atoms. The summed E-state index contributed by atoms with van der Waals surface area (Å²) in [5.41, 5.74) is 9.20. The second-order valence-corrected chi connectivity index (χ2v) is 11.4. The zero-order valence-electron chi connectivity index (χ0n) is 23.3. The summed E-state index contributed by atoms with van der Waals surface area (Å²) >= 11 is 0. The predicted octanol–water partition coefficient (Wildman–Crippen LogP) is 8.26. The van der Waals surface area contributed by atoms with E-state index >= 15 is 0 Å². The smallest absolute Gasteiger partial charge is 0.170 e. The Hall–Kier alpha value is -4.89. The Morgan fingerprint density at radius 1 is 0.738 bits per heavy atom. The van der Waals surface area contributed by atoms with Gasteiger partial charge < -0.3 is 14.5 Å². The summed E-state index contributed by atoms with van der Waals surface area (Å²) in [5.74, 6) is 1.90. The van der Waals surface area contributed by atoms with Crippen molar-refractivity contribution in [3.05, 3.63) is 167 Å². The average Bonchev–Trinajstić information content (AvgIpc) is 3.36. The molecule has 0 amide bonds. The minimum atomic E-state index is -0.471. The van der Waals surface area contributed by atoms with E-state index < -0.39 is 5.41 Å². The number of fused-ring (bicyclic) bond motifs is 6. The topological polar surface area (TPSA) is 30.8 Å². The molecule has 0 N–H and O–H groups in total. The number of aliphatic imine (C=N–C) groups is 1. The molecule has 8 rings (SSSR count). The number of allylic oxidation sites excluding steroid dienone is 5. The van der Waals surface area contributed by atoms with Crippen LogP contribution in [0.1, 0.15) is 28.7 Å². The van der Waals surface area contributed by atoms with Gasteiger partial charge in [0.05, 0.1) is 5.41 Å². The van der Waals surface area contributed by atoms with Gasteiger partial charge in [-0.15, -0.1) is 0 Å². The molecule has 4 aromatic carbocycles. The Morgan fingerprint density at radius 3 is 2.21 bits per heavy atom. The number of nitrogens with zero attached hydrogens (tertiary/aromatic N) is 1. The maximum absolute atomic E-state index is 6.98. The first-order valence-corrected chi connectivity index (χ1v) is 14.7. The standard InChI is InChI=1S/C39H31NO2/c1-40-25-26-13-8-9-18-29(26)30-20-12-22-34-37(30)41-35-24-23-33-36(38(35)42-34)31-19-10-11-21-32(31)39(33,27-14-4-2-5-15-27)28-16-6-3-7-17-28/h2-12,14-24,26,34,37H,1,13,25H2. The van der Waals surface area contributed by atoms with E-state index in [-0.39, 0.29) is 12.2 Å². The van der Waals surface area contributed by atoms with Crippen LogP contribution in [0.3, 0.4) is 0 Å². The van der Waals surface area contributed by atoms with Crippen LogP contribution in [0.5, 0.6) is 11.5 Å². The Kier molecular flexibility index (Phi) is 5.85. The molecule has 0 bridgehead atoms. The van der Waals surface area contributed by atoms with Crippen molar-refractivity contribution >= 4 is 6.72 Å². The zero-order valence-corrected chi connectivity index (χ0v) is 23.3. The number of hydrogen-bond donors (Lipinski definition) is 0. The molecule has 1 aliphatic heterocycles. The van der Waals surface area contributed by atoms with Crippen molar-refractivity contribution in [3.8, 4) is 22.6 Å². The fourth-order valence-corrected chi connectivity index (χ4v) is 7.44. The molecular formula is C39H31NO2. The molecule has 4 aromatic rings. The maximum Gasteiger partial charge on any atom is 0.170 e. The molecule has 0 radical (unpaired) electrons. The lowest BCUT2D eigenvalue weighted by Gasteiger charge is -2.39. The van der Waals surface area contributed by atoms with Crippen LogP contribution in [0.25, 0.3) is 11.1 Å². The molecule has 3 atom stereocenters. The highest BCUT2D eigenvalue weighted by Gasteiger charge is 2.49. The van der Waals surface area contributed by atoms with Crippen molar-refractivity contribution in [3.63, 3.8) is 0 Å². The first-order valence-electron chi connectivity index (χ1n) is 14.7. The average molecular weight is 546 g/mol. The van der Waals surface area contributed by atoms with Crippen LogP contribution in [-0.2, 0) is 5.41 Å². The number of rotatable bonds is 5.